The Balaban J connectivity index is 1.94. The number of hydrogen-bond donors (Lipinski definition) is 1. The largest absolute Gasteiger partial charge is 0.373 e. The Morgan fingerprint density at radius 3 is 2.62 bits per heavy atom. The molecule has 1 aliphatic heterocycles. The van der Waals surface area contributed by atoms with Crippen LogP contribution in [0.5, 0.6) is 0 Å². The molecule has 0 radical (unpaired) electrons. The van der Waals surface area contributed by atoms with Crippen LogP contribution in [0, 0.1) is 6.92 Å². The van der Waals surface area contributed by atoms with Crippen molar-refractivity contribution in [2.75, 3.05) is 41.9 Å². The first-order chi connectivity index (χ1) is 10.00. The highest BCUT2D eigenvalue weighted by atomic mass is 32.2. The molecule has 2 aliphatic rings. The van der Waals surface area contributed by atoms with Crippen molar-refractivity contribution in [3.8, 4) is 0 Å². The monoisotopic (exact) mass is 310 g/mol. The number of anilines is 2. The molecule has 0 amide bonds. The van der Waals surface area contributed by atoms with Gasteiger partial charge in [0, 0.05) is 31.6 Å². The van der Waals surface area contributed by atoms with E-state index in [1.807, 2.05) is 14.0 Å². The normalized spacial score (nSPS) is 21.9. The number of aromatic nitrogens is 2. The lowest BCUT2D eigenvalue weighted by Crippen LogP contribution is -2.29. The quantitative estimate of drug-likeness (QED) is 0.908. The number of nitrogens with one attached hydrogen (secondary N) is 1. The maximum Gasteiger partial charge on any atom is 0.152 e. The molecule has 0 atom stereocenters. The molecule has 6 nitrogen and oxygen atoms in total. The molecule has 1 aromatic rings. The van der Waals surface area contributed by atoms with Gasteiger partial charge in [-0.3, -0.25) is 0 Å². The molecule has 1 saturated carbocycles. The summed E-state index contributed by atoms with van der Waals surface area (Å²) < 4.78 is 23.5. The van der Waals surface area contributed by atoms with Crippen LogP contribution in [0.2, 0.25) is 0 Å². The number of rotatable bonds is 3. The summed E-state index contributed by atoms with van der Waals surface area (Å²) in [6, 6.07) is 0. The first kappa shape index (κ1) is 14.6. The van der Waals surface area contributed by atoms with E-state index in [1.165, 1.54) is 0 Å². The van der Waals surface area contributed by atoms with Crippen molar-refractivity contribution < 1.29 is 8.42 Å². The zero-order valence-corrected chi connectivity index (χ0v) is 13.4. The van der Waals surface area contributed by atoms with Crippen molar-refractivity contribution in [3.05, 3.63) is 11.4 Å². The van der Waals surface area contributed by atoms with Crippen LogP contribution in [0.4, 0.5) is 11.6 Å². The van der Waals surface area contributed by atoms with Crippen LogP contribution in [0.25, 0.3) is 0 Å². The third-order valence-corrected chi connectivity index (χ3v) is 5.89. The van der Waals surface area contributed by atoms with Gasteiger partial charge in [0.2, 0.25) is 0 Å². The van der Waals surface area contributed by atoms with E-state index in [4.69, 9.17) is 4.98 Å². The summed E-state index contributed by atoms with van der Waals surface area (Å²) in [5, 5.41) is 3.13. The molecule has 1 N–H and O–H groups in total. The summed E-state index contributed by atoms with van der Waals surface area (Å²) in [6.45, 7) is 3.26. The third kappa shape index (κ3) is 3.12. The van der Waals surface area contributed by atoms with Crippen molar-refractivity contribution in [2.24, 2.45) is 0 Å². The second kappa shape index (κ2) is 5.44. The molecule has 0 unspecified atom stereocenters. The van der Waals surface area contributed by atoms with Gasteiger partial charge < -0.3 is 10.2 Å². The topological polar surface area (TPSA) is 75.2 Å². The summed E-state index contributed by atoms with van der Waals surface area (Å²) in [5.41, 5.74) is 1.00. The maximum atomic E-state index is 11.8. The van der Waals surface area contributed by atoms with E-state index in [2.05, 4.69) is 15.2 Å². The van der Waals surface area contributed by atoms with E-state index in [9.17, 15) is 8.42 Å². The summed E-state index contributed by atoms with van der Waals surface area (Å²) >= 11 is 0. The minimum atomic E-state index is -2.90. The molecule has 1 aliphatic carbocycles. The summed E-state index contributed by atoms with van der Waals surface area (Å²) in [6.07, 6.45) is 2.97. The van der Waals surface area contributed by atoms with Gasteiger partial charge >= 0.3 is 0 Å². The lowest BCUT2D eigenvalue weighted by molar-refractivity contribution is 0.597. The average Bonchev–Trinajstić information content (AvgIpc) is 3.27. The van der Waals surface area contributed by atoms with Gasteiger partial charge in [0.05, 0.1) is 11.5 Å². The predicted octanol–water partition coefficient (Wildman–Crippen LogP) is 1.33. The Hall–Kier alpha value is -1.37. The molecule has 2 fully saturated rings. The molecule has 1 saturated heterocycles. The van der Waals surface area contributed by atoms with Crippen LogP contribution >= 0.6 is 0 Å². The highest BCUT2D eigenvalue weighted by Crippen LogP contribution is 2.40. The average molecular weight is 310 g/mol. The molecule has 2 heterocycles. The molecule has 1 aromatic heterocycles. The van der Waals surface area contributed by atoms with Crippen LogP contribution in [0.1, 0.15) is 36.6 Å². The Morgan fingerprint density at radius 1 is 1.19 bits per heavy atom. The van der Waals surface area contributed by atoms with Crippen LogP contribution in [0.15, 0.2) is 0 Å². The van der Waals surface area contributed by atoms with E-state index in [0.29, 0.717) is 18.9 Å². The van der Waals surface area contributed by atoms with Crippen molar-refractivity contribution in [3.63, 3.8) is 0 Å². The minimum Gasteiger partial charge on any atom is -0.373 e. The van der Waals surface area contributed by atoms with Gasteiger partial charge in [0.25, 0.3) is 0 Å². The van der Waals surface area contributed by atoms with Gasteiger partial charge in [-0.15, -0.1) is 0 Å². The summed E-state index contributed by atoms with van der Waals surface area (Å²) in [5.74, 6) is 3.62. The van der Waals surface area contributed by atoms with E-state index in [1.54, 1.807) is 0 Å². The second-order valence-electron chi connectivity index (χ2n) is 5.90. The maximum absolute atomic E-state index is 11.8. The number of hydrogen-bond acceptors (Lipinski definition) is 6. The van der Waals surface area contributed by atoms with E-state index >= 15 is 0 Å². The minimum absolute atomic E-state index is 0.212. The van der Waals surface area contributed by atoms with Gasteiger partial charge in [-0.1, -0.05) is 0 Å². The Morgan fingerprint density at radius 2 is 1.95 bits per heavy atom. The van der Waals surface area contributed by atoms with Crippen molar-refractivity contribution in [1.82, 2.24) is 9.97 Å². The fraction of sp³-hybridized carbons (Fsp3) is 0.714. The predicted molar refractivity (Wildman–Crippen MR) is 83.8 cm³/mol. The molecule has 0 aromatic carbocycles. The van der Waals surface area contributed by atoms with Crippen LogP contribution in [0.3, 0.4) is 0 Å². The van der Waals surface area contributed by atoms with Gasteiger partial charge in [0.15, 0.2) is 9.84 Å². The summed E-state index contributed by atoms with van der Waals surface area (Å²) in [7, 11) is -1.04. The van der Waals surface area contributed by atoms with Crippen LogP contribution in [-0.2, 0) is 9.84 Å². The Kier molecular flexibility index (Phi) is 3.77. The van der Waals surface area contributed by atoms with Gasteiger partial charge in [-0.2, -0.15) is 0 Å². The Bertz CT molecular complexity index is 641. The van der Waals surface area contributed by atoms with Crippen LogP contribution in [-0.4, -0.2) is 50.0 Å². The van der Waals surface area contributed by atoms with Crippen molar-refractivity contribution in [1.29, 1.82) is 0 Å². The van der Waals surface area contributed by atoms with E-state index < -0.39 is 9.84 Å². The zero-order valence-electron chi connectivity index (χ0n) is 12.6. The fourth-order valence-corrected chi connectivity index (χ4v) is 4.02. The van der Waals surface area contributed by atoms with Crippen molar-refractivity contribution in [2.45, 2.75) is 32.1 Å². The Labute approximate surface area is 125 Å². The highest BCUT2D eigenvalue weighted by molar-refractivity contribution is 7.91. The molecule has 3 rings (SSSR count). The molecule has 0 spiro atoms. The van der Waals surface area contributed by atoms with Gasteiger partial charge in [-0.05, 0) is 26.2 Å². The van der Waals surface area contributed by atoms with Crippen molar-refractivity contribution >= 4 is 21.5 Å². The van der Waals surface area contributed by atoms with Crippen LogP contribution < -0.4 is 10.2 Å². The van der Waals surface area contributed by atoms with Gasteiger partial charge in [0.1, 0.15) is 17.5 Å². The molecular formula is C14H22N4O2S. The van der Waals surface area contributed by atoms with Gasteiger partial charge in [-0.25, -0.2) is 18.4 Å². The summed E-state index contributed by atoms with van der Waals surface area (Å²) in [4.78, 5) is 11.4. The number of sulfone groups is 1. The van der Waals surface area contributed by atoms with E-state index in [-0.39, 0.29) is 11.5 Å². The smallest absolute Gasteiger partial charge is 0.152 e. The molecular weight excluding hydrogens is 288 g/mol. The van der Waals surface area contributed by atoms with E-state index in [0.717, 1.165) is 42.4 Å². The first-order valence-corrected chi connectivity index (χ1v) is 9.34. The molecule has 7 heteroatoms. The number of nitrogens with zero attached hydrogens (tertiary/aromatic N) is 3. The molecule has 0 bridgehead atoms. The lowest BCUT2D eigenvalue weighted by atomic mass is 10.2. The lowest BCUT2D eigenvalue weighted by Gasteiger charge is -2.24. The highest BCUT2D eigenvalue weighted by Gasteiger charge is 2.29. The first-order valence-electron chi connectivity index (χ1n) is 7.52. The fourth-order valence-electron chi connectivity index (χ4n) is 2.75. The second-order valence-corrected chi connectivity index (χ2v) is 8.20. The molecule has 116 valence electrons. The SMILES string of the molecule is CNc1nc(C2CC2)nc(N2CCCS(=O)(=O)CC2)c1C. The third-order valence-electron chi connectivity index (χ3n) is 4.17. The standard InChI is InChI=1S/C14H22N4O2S/c1-10-12(15-2)16-13(11-4-5-11)17-14(10)18-6-3-8-21(19,20)9-7-18/h11H,3-9H2,1-2H3,(H,15,16,17). The zero-order chi connectivity index (χ0) is 15.0. The molecule has 21 heavy (non-hydrogen) atoms.